The first kappa shape index (κ1) is 11.8. The summed E-state index contributed by atoms with van der Waals surface area (Å²) in [7, 11) is 0. The smallest absolute Gasteiger partial charge is 0.0645 e. The topological polar surface area (TPSA) is 64.1 Å². The fraction of sp³-hybridized carbons (Fsp3) is 0.308. The molecule has 1 unspecified atom stereocenters. The van der Waals surface area contributed by atoms with Gasteiger partial charge in [-0.2, -0.15) is 5.10 Å². The second-order valence-electron chi connectivity index (χ2n) is 4.61. The Morgan fingerprint density at radius 2 is 2.06 bits per heavy atom. The quantitative estimate of drug-likeness (QED) is 0.829. The largest absolute Gasteiger partial charge is 0.394 e. The van der Waals surface area contributed by atoms with Crippen LogP contribution in [0.25, 0.3) is 5.69 Å². The number of nitrogens with zero attached hydrogens (tertiary/aromatic N) is 2. The van der Waals surface area contributed by atoms with Crippen molar-refractivity contribution in [3.63, 3.8) is 0 Å². The van der Waals surface area contributed by atoms with Gasteiger partial charge in [-0.15, -0.1) is 0 Å². The van der Waals surface area contributed by atoms with Crippen LogP contribution in [0.5, 0.6) is 0 Å². The minimum atomic E-state index is -0.562. The van der Waals surface area contributed by atoms with Crippen molar-refractivity contribution in [3.8, 4) is 5.69 Å². The number of aliphatic hydroxyl groups is 1. The molecular formula is C13H17N3O. The first-order valence-corrected chi connectivity index (χ1v) is 5.59. The van der Waals surface area contributed by atoms with Crippen molar-refractivity contribution < 1.29 is 5.11 Å². The molecule has 2 aromatic rings. The third kappa shape index (κ3) is 2.93. The Morgan fingerprint density at radius 3 is 2.59 bits per heavy atom. The van der Waals surface area contributed by atoms with E-state index in [9.17, 15) is 0 Å². The lowest BCUT2D eigenvalue weighted by Crippen LogP contribution is -2.42. The third-order valence-electron chi connectivity index (χ3n) is 2.67. The second-order valence-corrected chi connectivity index (χ2v) is 4.61. The minimum absolute atomic E-state index is 0.0199. The van der Waals surface area contributed by atoms with Gasteiger partial charge in [-0.1, -0.05) is 12.1 Å². The molecule has 0 fully saturated rings. The van der Waals surface area contributed by atoms with Crippen LogP contribution in [0.3, 0.4) is 0 Å². The molecule has 2 rings (SSSR count). The fourth-order valence-corrected chi connectivity index (χ4v) is 1.71. The standard InChI is InChI=1S/C13H17N3O/c1-13(14,10-17)9-11-3-5-12(6-4-11)16-8-2-7-15-16/h2-8,17H,9-10,14H2,1H3. The van der Waals surface area contributed by atoms with E-state index in [1.807, 2.05) is 43.5 Å². The molecule has 0 saturated heterocycles. The van der Waals surface area contributed by atoms with Gasteiger partial charge >= 0.3 is 0 Å². The van der Waals surface area contributed by atoms with Crippen molar-refractivity contribution in [2.45, 2.75) is 18.9 Å². The monoisotopic (exact) mass is 231 g/mol. The highest BCUT2D eigenvalue weighted by Gasteiger charge is 2.17. The highest BCUT2D eigenvalue weighted by molar-refractivity contribution is 5.34. The Balaban J connectivity index is 2.14. The molecule has 0 aliphatic carbocycles. The van der Waals surface area contributed by atoms with Crippen LogP contribution in [0.2, 0.25) is 0 Å². The summed E-state index contributed by atoms with van der Waals surface area (Å²) < 4.78 is 1.80. The van der Waals surface area contributed by atoms with Crippen LogP contribution in [0.1, 0.15) is 12.5 Å². The van der Waals surface area contributed by atoms with Crippen LogP contribution < -0.4 is 5.73 Å². The number of benzene rings is 1. The Morgan fingerprint density at radius 1 is 1.35 bits per heavy atom. The van der Waals surface area contributed by atoms with E-state index in [0.717, 1.165) is 11.3 Å². The van der Waals surface area contributed by atoms with E-state index in [0.29, 0.717) is 6.42 Å². The number of aromatic nitrogens is 2. The highest BCUT2D eigenvalue weighted by Crippen LogP contribution is 2.13. The lowest BCUT2D eigenvalue weighted by Gasteiger charge is -2.21. The summed E-state index contributed by atoms with van der Waals surface area (Å²) in [6, 6.07) is 9.90. The van der Waals surface area contributed by atoms with E-state index in [1.54, 1.807) is 10.9 Å². The van der Waals surface area contributed by atoms with Gasteiger partial charge in [0.15, 0.2) is 0 Å². The molecule has 0 spiro atoms. The Kier molecular flexibility index (Phi) is 3.26. The zero-order chi connectivity index (χ0) is 12.3. The van der Waals surface area contributed by atoms with Crippen molar-refractivity contribution in [2.24, 2.45) is 5.73 Å². The van der Waals surface area contributed by atoms with Crippen molar-refractivity contribution in [2.75, 3.05) is 6.61 Å². The average Bonchev–Trinajstić information content (AvgIpc) is 2.83. The van der Waals surface area contributed by atoms with E-state index in [2.05, 4.69) is 5.10 Å². The molecule has 0 saturated carbocycles. The van der Waals surface area contributed by atoms with E-state index in [-0.39, 0.29) is 6.61 Å². The van der Waals surface area contributed by atoms with Crippen LogP contribution in [0.15, 0.2) is 42.7 Å². The maximum absolute atomic E-state index is 9.12. The SMILES string of the molecule is CC(N)(CO)Cc1ccc(-n2cccn2)cc1. The summed E-state index contributed by atoms with van der Waals surface area (Å²) >= 11 is 0. The normalized spacial score (nSPS) is 14.5. The summed E-state index contributed by atoms with van der Waals surface area (Å²) in [4.78, 5) is 0. The van der Waals surface area contributed by atoms with E-state index < -0.39 is 5.54 Å². The fourth-order valence-electron chi connectivity index (χ4n) is 1.71. The molecule has 0 bridgehead atoms. The Labute approximate surface area is 101 Å². The molecule has 1 aromatic carbocycles. The molecule has 17 heavy (non-hydrogen) atoms. The van der Waals surface area contributed by atoms with Crippen molar-refractivity contribution in [1.29, 1.82) is 0 Å². The summed E-state index contributed by atoms with van der Waals surface area (Å²) in [5.41, 5.74) is 7.48. The molecular weight excluding hydrogens is 214 g/mol. The van der Waals surface area contributed by atoms with Crippen LogP contribution in [-0.2, 0) is 6.42 Å². The van der Waals surface area contributed by atoms with Gasteiger partial charge in [-0.25, -0.2) is 4.68 Å². The highest BCUT2D eigenvalue weighted by atomic mass is 16.3. The van der Waals surface area contributed by atoms with Gasteiger partial charge in [-0.05, 0) is 37.1 Å². The van der Waals surface area contributed by atoms with Gasteiger partial charge in [0.1, 0.15) is 0 Å². The minimum Gasteiger partial charge on any atom is -0.394 e. The van der Waals surface area contributed by atoms with Gasteiger partial charge in [0.05, 0.1) is 12.3 Å². The lowest BCUT2D eigenvalue weighted by molar-refractivity contribution is 0.208. The van der Waals surface area contributed by atoms with Gasteiger partial charge in [0, 0.05) is 17.9 Å². The predicted octanol–water partition coefficient (Wildman–Crippen LogP) is 1.12. The maximum atomic E-state index is 9.12. The number of rotatable bonds is 4. The summed E-state index contributed by atoms with van der Waals surface area (Å²) in [5, 5.41) is 13.3. The molecule has 0 aliphatic heterocycles. The number of hydrogen-bond acceptors (Lipinski definition) is 3. The first-order valence-electron chi connectivity index (χ1n) is 5.59. The molecule has 4 heteroatoms. The van der Waals surface area contributed by atoms with Gasteiger partial charge in [-0.3, -0.25) is 0 Å². The Bertz CT molecular complexity index is 460. The van der Waals surface area contributed by atoms with Crippen LogP contribution in [0, 0.1) is 0 Å². The van der Waals surface area contributed by atoms with Gasteiger partial charge in [0.25, 0.3) is 0 Å². The molecule has 0 aliphatic rings. The Hall–Kier alpha value is -1.65. The maximum Gasteiger partial charge on any atom is 0.0645 e. The summed E-state index contributed by atoms with van der Waals surface area (Å²) in [6.45, 7) is 1.82. The van der Waals surface area contributed by atoms with E-state index in [1.165, 1.54) is 0 Å². The molecule has 90 valence electrons. The van der Waals surface area contributed by atoms with E-state index >= 15 is 0 Å². The van der Waals surface area contributed by atoms with Crippen molar-refractivity contribution in [3.05, 3.63) is 48.3 Å². The molecule has 1 atom stereocenters. The molecule has 0 amide bonds. The number of aliphatic hydroxyl groups excluding tert-OH is 1. The van der Waals surface area contributed by atoms with Gasteiger partial charge < -0.3 is 10.8 Å². The molecule has 1 heterocycles. The van der Waals surface area contributed by atoms with Crippen molar-refractivity contribution >= 4 is 0 Å². The van der Waals surface area contributed by atoms with E-state index in [4.69, 9.17) is 10.8 Å². The molecule has 1 aromatic heterocycles. The van der Waals surface area contributed by atoms with Crippen LogP contribution in [0.4, 0.5) is 0 Å². The summed E-state index contributed by atoms with van der Waals surface area (Å²) in [6.07, 6.45) is 4.30. The average molecular weight is 231 g/mol. The lowest BCUT2D eigenvalue weighted by atomic mass is 9.95. The number of hydrogen-bond donors (Lipinski definition) is 2. The summed E-state index contributed by atoms with van der Waals surface area (Å²) in [5.74, 6) is 0. The molecule has 0 radical (unpaired) electrons. The zero-order valence-corrected chi connectivity index (χ0v) is 9.87. The zero-order valence-electron chi connectivity index (χ0n) is 9.87. The third-order valence-corrected chi connectivity index (χ3v) is 2.67. The first-order chi connectivity index (χ1) is 8.11. The molecule has 4 nitrogen and oxygen atoms in total. The van der Waals surface area contributed by atoms with Crippen molar-refractivity contribution in [1.82, 2.24) is 9.78 Å². The predicted molar refractivity (Wildman–Crippen MR) is 66.9 cm³/mol. The number of nitrogens with two attached hydrogens (primary N) is 1. The van der Waals surface area contributed by atoms with Gasteiger partial charge in [0.2, 0.25) is 0 Å². The second kappa shape index (κ2) is 4.69. The van der Waals surface area contributed by atoms with Crippen LogP contribution in [-0.4, -0.2) is 27.0 Å². The molecule has 3 N–H and O–H groups in total. The van der Waals surface area contributed by atoms with Crippen LogP contribution >= 0.6 is 0 Å².